The van der Waals surface area contributed by atoms with Crippen molar-refractivity contribution in [2.45, 2.75) is 25.9 Å². The molecule has 2 rings (SSSR count). The second-order valence-corrected chi connectivity index (χ2v) is 5.01. The second-order valence-electron chi connectivity index (χ2n) is 4.03. The lowest BCUT2D eigenvalue weighted by atomic mass is 10.1. The molecule has 2 heterocycles. The summed E-state index contributed by atoms with van der Waals surface area (Å²) < 4.78 is 12.8. The summed E-state index contributed by atoms with van der Waals surface area (Å²) in [6.45, 7) is 4.15. The molecule has 0 aromatic carbocycles. The first kappa shape index (κ1) is 12.2. The zero-order valence-electron chi connectivity index (χ0n) is 9.85. The maximum atomic E-state index is 12.8. The van der Waals surface area contributed by atoms with Crippen molar-refractivity contribution in [3.63, 3.8) is 0 Å². The fourth-order valence-electron chi connectivity index (χ4n) is 1.72. The minimum Gasteiger partial charge on any atom is -0.301 e. The standard InChI is InChI=1S/C13H15FN2S/c1-9(12-6-5-11(14)8-15-12)16-10(2)13-4-3-7-17-13/h3-10,16H,1-2H3/t9?,10-/m1/s1. The van der Waals surface area contributed by atoms with Gasteiger partial charge in [0.25, 0.3) is 0 Å². The van der Waals surface area contributed by atoms with Crippen LogP contribution in [0.25, 0.3) is 0 Å². The van der Waals surface area contributed by atoms with E-state index in [1.165, 1.54) is 17.1 Å². The van der Waals surface area contributed by atoms with Crippen molar-refractivity contribution in [3.05, 3.63) is 52.2 Å². The predicted molar refractivity (Wildman–Crippen MR) is 68.5 cm³/mol. The van der Waals surface area contributed by atoms with Crippen molar-refractivity contribution in [2.75, 3.05) is 0 Å². The smallest absolute Gasteiger partial charge is 0.141 e. The second kappa shape index (κ2) is 5.38. The van der Waals surface area contributed by atoms with Crippen LogP contribution in [0.1, 0.15) is 36.5 Å². The Balaban J connectivity index is 2.01. The first-order valence-electron chi connectivity index (χ1n) is 5.57. The molecular weight excluding hydrogens is 235 g/mol. The molecule has 0 spiro atoms. The highest BCUT2D eigenvalue weighted by atomic mass is 32.1. The molecule has 0 bridgehead atoms. The zero-order valence-corrected chi connectivity index (χ0v) is 10.7. The number of aromatic nitrogens is 1. The van der Waals surface area contributed by atoms with Crippen LogP contribution in [0.15, 0.2) is 35.8 Å². The summed E-state index contributed by atoms with van der Waals surface area (Å²) in [4.78, 5) is 5.37. The number of halogens is 1. The van der Waals surface area contributed by atoms with Gasteiger partial charge in [-0.15, -0.1) is 11.3 Å². The van der Waals surface area contributed by atoms with Crippen molar-refractivity contribution < 1.29 is 4.39 Å². The number of rotatable bonds is 4. The molecular formula is C13H15FN2S. The van der Waals surface area contributed by atoms with E-state index >= 15 is 0 Å². The van der Waals surface area contributed by atoms with Gasteiger partial charge in [0.1, 0.15) is 5.82 Å². The van der Waals surface area contributed by atoms with E-state index in [0.29, 0.717) is 0 Å². The van der Waals surface area contributed by atoms with E-state index < -0.39 is 0 Å². The van der Waals surface area contributed by atoms with Gasteiger partial charge in [0.15, 0.2) is 0 Å². The van der Waals surface area contributed by atoms with Gasteiger partial charge in [-0.2, -0.15) is 0 Å². The van der Waals surface area contributed by atoms with Crippen LogP contribution in [0.2, 0.25) is 0 Å². The Morgan fingerprint density at radius 1 is 1.24 bits per heavy atom. The highest BCUT2D eigenvalue weighted by Crippen LogP contribution is 2.21. The van der Waals surface area contributed by atoms with Gasteiger partial charge in [-0.3, -0.25) is 4.98 Å². The quantitative estimate of drug-likeness (QED) is 0.895. The normalized spacial score (nSPS) is 14.5. The van der Waals surface area contributed by atoms with Gasteiger partial charge in [-0.25, -0.2) is 4.39 Å². The molecule has 2 aromatic rings. The van der Waals surface area contributed by atoms with Crippen LogP contribution in [-0.4, -0.2) is 4.98 Å². The molecule has 2 atom stereocenters. The minimum atomic E-state index is -0.299. The Morgan fingerprint density at radius 3 is 2.65 bits per heavy atom. The van der Waals surface area contributed by atoms with Crippen LogP contribution in [0.3, 0.4) is 0 Å². The van der Waals surface area contributed by atoms with Crippen molar-refractivity contribution >= 4 is 11.3 Å². The molecule has 2 nitrogen and oxygen atoms in total. The Hall–Kier alpha value is -1.26. The molecule has 17 heavy (non-hydrogen) atoms. The Kier molecular flexibility index (Phi) is 3.86. The molecule has 0 radical (unpaired) electrons. The average Bonchev–Trinajstić information content (AvgIpc) is 2.83. The van der Waals surface area contributed by atoms with Gasteiger partial charge in [-0.05, 0) is 37.4 Å². The summed E-state index contributed by atoms with van der Waals surface area (Å²) in [7, 11) is 0. The average molecular weight is 250 g/mol. The van der Waals surface area contributed by atoms with Crippen molar-refractivity contribution in [1.29, 1.82) is 0 Å². The molecule has 1 N–H and O–H groups in total. The van der Waals surface area contributed by atoms with E-state index in [9.17, 15) is 4.39 Å². The molecule has 1 unspecified atom stereocenters. The summed E-state index contributed by atoms with van der Waals surface area (Å²) in [5.74, 6) is -0.299. The largest absolute Gasteiger partial charge is 0.301 e. The molecule has 2 aromatic heterocycles. The summed E-state index contributed by atoms with van der Waals surface area (Å²) in [5.41, 5.74) is 0.856. The molecule has 0 aliphatic carbocycles. The summed E-state index contributed by atoms with van der Waals surface area (Å²) in [6, 6.07) is 7.68. The van der Waals surface area contributed by atoms with E-state index in [2.05, 4.69) is 28.7 Å². The van der Waals surface area contributed by atoms with Gasteiger partial charge < -0.3 is 5.32 Å². The number of nitrogens with zero attached hydrogens (tertiary/aromatic N) is 1. The minimum absolute atomic E-state index is 0.104. The van der Waals surface area contributed by atoms with Gasteiger partial charge in [0, 0.05) is 17.0 Å². The summed E-state index contributed by atoms with van der Waals surface area (Å²) >= 11 is 1.73. The van der Waals surface area contributed by atoms with Crippen molar-refractivity contribution in [3.8, 4) is 0 Å². The molecule has 0 aliphatic rings. The lowest BCUT2D eigenvalue weighted by Crippen LogP contribution is -2.22. The molecule has 0 aliphatic heterocycles. The molecule has 90 valence electrons. The number of thiophene rings is 1. The maximum Gasteiger partial charge on any atom is 0.141 e. The zero-order chi connectivity index (χ0) is 12.3. The first-order valence-corrected chi connectivity index (χ1v) is 6.45. The van der Waals surface area contributed by atoms with Gasteiger partial charge in [0.2, 0.25) is 0 Å². The van der Waals surface area contributed by atoms with Crippen LogP contribution in [0.5, 0.6) is 0 Å². The van der Waals surface area contributed by atoms with Gasteiger partial charge in [-0.1, -0.05) is 6.07 Å². The maximum absolute atomic E-state index is 12.8. The monoisotopic (exact) mass is 250 g/mol. The van der Waals surface area contributed by atoms with Crippen molar-refractivity contribution in [2.24, 2.45) is 0 Å². The highest BCUT2D eigenvalue weighted by molar-refractivity contribution is 7.10. The molecule has 4 heteroatoms. The third kappa shape index (κ3) is 3.11. The first-order chi connectivity index (χ1) is 8.16. The van der Waals surface area contributed by atoms with E-state index in [-0.39, 0.29) is 17.9 Å². The van der Waals surface area contributed by atoms with E-state index in [1.807, 2.05) is 13.0 Å². The number of pyridine rings is 1. The Bertz CT molecular complexity index is 453. The number of hydrogen-bond donors (Lipinski definition) is 1. The SMILES string of the molecule is CC(N[C@H](C)c1cccs1)c1ccc(F)cn1. The molecule has 0 fully saturated rings. The predicted octanol–water partition coefficient (Wildman–Crippen LogP) is 3.69. The van der Waals surface area contributed by atoms with Crippen LogP contribution < -0.4 is 5.32 Å². The Morgan fingerprint density at radius 2 is 2.06 bits per heavy atom. The third-order valence-electron chi connectivity index (χ3n) is 2.66. The van der Waals surface area contributed by atoms with Crippen LogP contribution >= 0.6 is 11.3 Å². The number of hydrogen-bond acceptors (Lipinski definition) is 3. The van der Waals surface area contributed by atoms with Crippen LogP contribution in [0.4, 0.5) is 4.39 Å². The van der Waals surface area contributed by atoms with Gasteiger partial charge >= 0.3 is 0 Å². The highest BCUT2D eigenvalue weighted by Gasteiger charge is 2.12. The lowest BCUT2D eigenvalue weighted by molar-refractivity contribution is 0.489. The third-order valence-corrected chi connectivity index (χ3v) is 3.72. The van der Waals surface area contributed by atoms with Gasteiger partial charge in [0.05, 0.1) is 11.9 Å². The van der Waals surface area contributed by atoms with Crippen LogP contribution in [-0.2, 0) is 0 Å². The summed E-state index contributed by atoms with van der Waals surface area (Å²) in [6.07, 6.45) is 1.25. The molecule has 0 saturated heterocycles. The molecule has 0 saturated carbocycles. The molecule has 0 amide bonds. The fourth-order valence-corrected chi connectivity index (χ4v) is 2.47. The van der Waals surface area contributed by atoms with E-state index in [4.69, 9.17) is 0 Å². The van der Waals surface area contributed by atoms with E-state index in [1.54, 1.807) is 17.4 Å². The fraction of sp³-hybridized carbons (Fsp3) is 0.308. The lowest BCUT2D eigenvalue weighted by Gasteiger charge is -2.18. The number of nitrogens with one attached hydrogen (secondary N) is 1. The summed E-state index contributed by atoms with van der Waals surface area (Å²) in [5, 5.41) is 5.51. The van der Waals surface area contributed by atoms with E-state index in [0.717, 1.165) is 5.69 Å². The topological polar surface area (TPSA) is 24.9 Å². The Labute approximate surface area is 105 Å². The van der Waals surface area contributed by atoms with Crippen LogP contribution in [0, 0.1) is 5.82 Å². The van der Waals surface area contributed by atoms with Crippen molar-refractivity contribution in [1.82, 2.24) is 10.3 Å².